The third-order valence-corrected chi connectivity index (χ3v) is 6.44. The van der Waals surface area contributed by atoms with Crippen LogP contribution in [0, 0.1) is 11.6 Å². The predicted molar refractivity (Wildman–Crippen MR) is 111 cm³/mol. The van der Waals surface area contributed by atoms with E-state index in [0.29, 0.717) is 0 Å². The normalized spacial score (nSPS) is 15.3. The first-order chi connectivity index (χ1) is 15.4. The molecule has 0 radical (unpaired) electrons. The average Bonchev–Trinajstić information content (AvgIpc) is 2.76. The van der Waals surface area contributed by atoms with E-state index >= 15 is 8.78 Å². The van der Waals surface area contributed by atoms with Crippen LogP contribution in [-0.4, -0.2) is 23.6 Å². The van der Waals surface area contributed by atoms with Gasteiger partial charge >= 0.3 is 0 Å². The van der Waals surface area contributed by atoms with Gasteiger partial charge in [0.25, 0.3) is 23.6 Å². The molecule has 5 aromatic rings. The van der Waals surface area contributed by atoms with Crippen molar-refractivity contribution < 1.29 is 28.0 Å². The molecule has 6 nitrogen and oxygen atoms in total. The molecule has 152 valence electrons. The number of benzene rings is 5. The van der Waals surface area contributed by atoms with Crippen LogP contribution in [0.2, 0.25) is 0 Å². The van der Waals surface area contributed by atoms with Crippen molar-refractivity contribution in [3.63, 3.8) is 0 Å². The van der Waals surface area contributed by atoms with E-state index in [9.17, 15) is 19.2 Å². The first kappa shape index (κ1) is 17.2. The standard InChI is InChI=1S/C24H8F2N2O4/c25-13-5-12-16-10(22(30)28-24(12)32)4-2-8-18-14(26)6-11-15-9(21(29)27-23(11)31)3-1-7(19(15)18)17(13)20(8)16/h1-6H,(H,27,29,31)(H,28,30,32). The molecule has 0 unspecified atom stereocenters. The third-order valence-electron chi connectivity index (χ3n) is 6.44. The number of fused-ring (bicyclic) bond motifs is 2. The molecule has 0 fully saturated rings. The Morgan fingerprint density at radius 2 is 0.844 bits per heavy atom. The lowest BCUT2D eigenvalue weighted by molar-refractivity contribution is 0.0828. The summed E-state index contributed by atoms with van der Waals surface area (Å²) in [6, 6.07) is 8.04. The highest BCUT2D eigenvalue weighted by molar-refractivity contribution is 6.41. The summed E-state index contributed by atoms with van der Waals surface area (Å²) in [6.45, 7) is 0. The molecule has 7 rings (SSSR count). The van der Waals surface area contributed by atoms with Gasteiger partial charge in [-0.15, -0.1) is 0 Å². The van der Waals surface area contributed by atoms with Gasteiger partial charge in [0.05, 0.1) is 11.1 Å². The Bertz CT molecular complexity index is 1690. The number of nitrogens with one attached hydrogen (secondary N) is 2. The highest BCUT2D eigenvalue weighted by Gasteiger charge is 2.33. The first-order valence-corrected chi connectivity index (χ1v) is 9.67. The lowest BCUT2D eigenvalue weighted by Crippen LogP contribution is -2.35. The minimum atomic E-state index is -0.733. The predicted octanol–water partition coefficient (Wildman–Crippen LogP) is 3.78. The maximum atomic E-state index is 15.5. The minimum absolute atomic E-state index is 0.0123. The molecule has 0 atom stereocenters. The van der Waals surface area contributed by atoms with Crippen LogP contribution in [0.15, 0.2) is 36.4 Å². The Hall–Kier alpha value is -4.46. The number of rotatable bonds is 0. The summed E-state index contributed by atoms with van der Waals surface area (Å²) < 4.78 is 31.0. The molecule has 8 heteroatoms. The lowest BCUT2D eigenvalue weighted by atomic mass is 9.82. The molecule has 2 aliphatic heterocycles. The van der Waals surface area contributed by atoms with Crippen molar-refractivity contribution in [1.29, 1.82) is 0 Å². The van der Waals surface area contributed by atoms with Gasteiger partial charge in [0.1, 0.15) is 11.6 Å². The molecule has 5 aromatic carbocycles. The zero-order valence-corrected chi connectivity index (χ0v) is 15.9. The lowest BCUT2D eigenvalue weighted by Gasteiger charge is -2.24. The molecule has 0 aromatic heterocycles. The molecule has 2 heterocycles. The Morgan fingerprint density at radius 1 is 0.469 bits per heavy atom. The van der Waals surface area contributed by atoms with Crippen LogP contribution >= 0.6 is 0 Å². The number of hydrogen-bond acceptors (Lipinski definition) is 4. The second-order valence-electron chi connectivity index (χ2n) is 7.95. The van der Waals surface area contributed by atoms with Gasteiger partial charge in [-0.2, -0.15) is 0 Å². The number of amides is 4. The highest BCUT2D eigenvalue weighted by Crippen LogP contribution is 2.46. The molecular weight excluding hydrogens is 418 g/mol. The van der Waals surface area contributed by atoms with Gasteiger partial charge in [0.15, 0.2) is 0 Å². The van der Waals surface area contributed by atoms with Gasteiger partial charge < -0.3 is 0 Å². The van der Waals surface area contributed by atoms with Gasteiger partial charge in [0.2, 0.25) is 0 Å². The summed E-state index contributed by atoms with van der Waals surface area (Å²) in [4.78, 5) is 49.7. The molecule has 0 aliphatic carbocycles. The van der Waals surface area contributed by atoms with E-state index in [0.717, 1.165) is 12.1 Å². The zero-order chi connectivity index (χ0) is 22.0. The number of imide groups is 2. The molecule has 2 aliphatic rings. The zero-order valence-electron chi connectivity index (χ0n) is 15.9. The summed E-state index contributed by atoms with van der Waals surface area (Å²) in [5.74, 6) is -4.16. The summed E-state index contributed by atoms with van der Waals surface area (Å²) in [5, 5.41) is 6.14. The van der Waals surface area contributed by atoms with Crippen molar-refractivity contribution in [3.05, 3.63) is 70.3 Å². The maximum absolute atomic E-state index is 15.5. The Morgan fingerprint density at radius 3 is 1.25 bits per heavy atom. The molecule has 2 N–H and O–H groups in total. The monoisotopic (exact) mass is 426 g/mol. The van der Waals surface area contributed by atoms with Crippen molar-refractivity contribution in [2.45, 2.75) is 0 Å². The van der Waals surface area contributed by atoms with Crippen molar-refractivity contribution in [1.82, 2.24) is 10.6 Å². The van der Waals surface area contributed by atoms with Crippen molar-refractivity contribution >= 4 is 66.7 Å². The maximum Gasteiger partial charge on any atom is 0.258 e. The fourth-order valence-corrected chi connectivity index (χ4v) is 5.22. The number of hydrogen-bond donors (Lipinski definition) is 2. The molecule has 0 saturated carbocycles. The SMILES string of the molecule is O=C1NC(=O)c2cc(F)c3c4ccc5c6c(cc(F)c(c7ccc1c2c73)c64)C(=O)NC5=O. The number of halogens is 2. The Balaban J connectivity index is 1.88. The smallest absolute Gasteiger partial charge is 0.258 e. The largest absolute Gasteiger partial charge is 0.288 e. The second kappa shape index (κ2) is 5.23. The van der Waals surface area contributed by atoms with E-state index in [1.54, 1.807) is 0 Å². The summed E-state index contributed by atoms with van der Waals surface area (Å²) >= 11 is 0. The summed E-state index contributed by atoms with van der Waals surface area (Å²) in [7, 11) is 0. The van der Waals surface area contributed by atoms with Gasteiger partial charge in [-0.3, -0.25) is 29.8 Å². The fraction of sp³-hybridized carbons (Fsp3) is 0. The molecule has 0 bridgehead atoms. The quantitative estimate of drug-likeness (QED) is 0.224. The minimum Gasteiger partial charge on any atom is -0.288 e. The highest BCUT2D eigenvalue weighted by atomic mass is 19.1. The topological polar surface area (TPSA) is 92.3 Å². The van der Waals surface area contributed by atoms with Gasteiger partial charge in [-0.1, -0.05) is 12.1 Å². The molecule has 4 amide bonds. The van der Waals surface area contributed by atoms with Crippen LogP contribution in [0.4, 0.5) is 8.78 Å². The van der Waals surface area contributed by atoms with Gasteiger partial charge in [0, 0.05) is 43.4 Å². The van der Waals surface area contributed by atoms with E-state index in [1.807, 2.05) is 0 Å². The third kappa shape index (κ3) is 1.76. The molecular formula is C24H8F2N2O4. The van der Waals surface area contributed by atoms with Crippen LogP contribution in [-0.2, 0) is 0 Å². The second-order valence-corrected chi connectivity index (χ2v) is 7.95. The fourth-order valence-electron chi connectivity index (χ4n) is 5.22. The van der Waals surface area contributed by atoms with E-state index in [2.05, 4.69) is 10.6 Å². The van der Waals surface area contributed by atoms with Crippen molar-refractivity contribution in [3.8, 4) is 0 Å². The Labute approximate surface area is 176 Å². The molecule has 0 spiro atoms. The van der Waals surface area contributed by atoms with Gasteiger partial charge in [-0.25, -0.2) is 8.78 Å². The van der Waals surface area contributed by atoms with Crippen molar-refractivity contribution in [2.24, 2.45) is 0 Å². The summed E-state index contributed by atoms with van der Waals surface area (Å²) in [6.07, 6.45) is 0. The first-order valence-electron chi connectivity index (χ1n) is 9.67. The molecule has 0 saturated heterocycles. The Kier molecular flexibility index (Phi) is 2.82. The van der Waals surface area contributed by atoms with E-state index < -0.39 is 35.3 Å². The van der Waals surface area contributed by atoms with E-state index in [4.69, 9.17) is 0 Å². The van der Waals surface area contributed by atoms with E-state index in [-0.39, 0.29) is 65.3 Å². The van der Waals surface area contributed by atoms with Gasteiger partial charge in [-0.05, 0) is 35.0 Å². The number of carbonyl (C=O) groups is 4. The van der Waals surface area contributed by atoms with Crippen LogP contribution in [0.25, 0.3) is 43.1 Å². The average molecular weight is 426 g/mol. The van der Waals surface area contributed by atoms with Crippen LogP contribution < -0.4 is 10.6 Å². The van der Waals surface area contributed by atoms with Crippen LogP contribution in [0.3, 0.4) is 0 Å². The van der Waals surface area contributed by atoms with Crippen molar-refractivity contribution in [2.75, 3.05) is 0 Å². The van der Waals surface area contributed by atoms with Crippen LogP contribution in [0.1, 0.15) is 41.4 Å². The molecule has 32 heavy (non-hydrogen) atoms. The summed E-state index contributed by atoms with van der Waals surface area (Å²) in [5.41, 5.74) is 0.343. The van der Waals surface area contributed by atoms with E-state index in [1.165, 1.54) is 24.3 Å². The van der Waals surface area contributed by atoms with Crippen LogP contribution in [0.5, 0.6) is 0 Å². The number of carbonyl (C=O) groups excluding carboxylic acids is 4.